The number of aliphatic imine (C=N–C) groups is 1. The second-order valence-corrected chi connectivity index (χ2v) is 4.72. The summed E-state index contributed by atoms with van der Waals surface area (Å²) in [5, 5.41) is 0. The standard InChI is InChI=1S/C14H20FN3O.HI/c1-19-13-8-11(7-12(15)9-13)10-17-14(16)18-5-3-2-4-6-18;/h7-9H,2-6,10H2,1H3,(H2,16,17);1H. The number of piperidine rings is 1. The Balaban J connectivity index is 0.00000200. The van der Waals surface area contributed by atoms with Crippen molar-refractivity contribution in [2.75, 3.05) is 20.2 Å². The predicted molar refractivity (Wildman–Crippen MR) is 89.1 cm³/mol. The molecule has 1 heterocycles. The number of hydrogen-bond donors (Lipinski definition) is 1. The lowest BCUT2D eigenvalue weighted by atomic mass is 10.1. The zero-order chi connectivity index (χ0) is 13.7. The lowest BCUT2D eigenvalue weighted by molar-refractivity contribution is 0.338. The molecule has 1 aromatic rings. The van der Waals surface area contributed by atoms with Crippen molar-refractivity contribution in [1.82, 2.24) is 4.90 Å². The number of methoxy groups -OCH3 is 1. The van der Waals surface area contributed by atoms with E-state index in [9.17, 15) is 4.39 Å². The van der Waals surface area contributed by atoms with E-state index in [1.54, 1.807) is 6.07 Å². The van der Waals surface area contributed by atoms with Gasteiger partial charge in [-0.05, 0) is 37.0 Å². The number of nitrogens with two attached hydrogens (primary N) is 1. The fraction of sp³-hybridized carbons (Fsp3) is 0.500. The molecule has 0 atom stereocenters. The molecule has 1 saturated heterocycles. The average molecular weight is 393 g/mol. The molecule has 4 nitrogen and oxygen atoms in total. The van der Waals surface area contributed by atoms with Crippen LogP contribution in [0.5, 0.6) is 5.75 Å². The third-order valence-electron chi connectivity index (χ3n) is 3.27. The van der Waals surface area contributed by atoms with Crippen LogP contribution >= 0.6 is 24.0 Å². The summed E-state index contributed by atoms with van der Waals surface area (Å²) in [5.41, 5.74) is 6.72. The molecule has 0 bridgehead atoms. The van der Waals surface area contributed by atoms with E-state index < -0.39 is 0 Å². The van der Waals surface area contributed by atoms with Gasteiger partial charge in [-0.3, -0.25) is 0 Å². The van der Waals surface area contributed by atoms with Gasteiger partial charge in [-0.1, -0.05) is 0 Å². The number of halogens is 2. The van der Waals surface area contributed by atoms with Gasteiger partial charge in [0, 0.05) is 19.2 Å². The molecule has 6 heteroatoms. The van der Waals surface area contributed by atoms with E-state index >= 15 is 0 Å². The maximum absolute atomic E-state index is 13.3. The molecule has 2 N–H and O–H groups in total. The third kappa shape index (κ3) is 4.81. The largest absolute Gasteiger partial charge is 0.497 e. The minimum absolute atomic E-state index is 0. The Hall–Kier alpha value is -1.05. The predicted octanol–water partition coefficient (Wildman–Crippen LogP) is 2.75. The summed E-state index contributed by atoms with van der Waals surface area (Å²) in [6, 6.07) is 4.58. The summed E-state index contributed by atoms with van der Waals surface area (Å²) in [4.78, 5) is 6.42. The molecule has 1 aliphatic heterocycles. The molecule has 1 aromatic carbocycles. The number of nitrogens with zero attached hydrogens (tertiary/aromatic N) is 2. The highest BCUT2D eigenvalue weighted by Gasteiger charge is 2.11. The van der Waals surface area contributed by atoms with Crippen molar-refractivity contribution in [2.45, 2.75) is 25.8 Å². The molecular weight excluding hydrogens is 372 g/mol. The fourth-order valence-electron chi connectivity index (χ4n) is 2.23. The second-order valence-electron chi connectivity index (χ2n) is 4.72. The Labute approximate surface area is 136 Å². The number of guanidine groups is 1. The molecule has 0 saturated carbocycles. The molecule has 0 amide bonds. The Kier molecular flexibility index (Phi) is 7.04. The first-order valence-electron chi connectivity index (χ1n) is 6.57. The van der Waals surface area contributed by atoms with Crippen LogP contribution in [0.3, 0.4) is 0 Å². The van der Waals surface area contributed by atoms with Gasteiger partial charge in [-0.25, -0.2) is 9.38 Å². The van der Waals surface area contributed by atoms with Crippen LogP contribution < -0.4 is 10.5 Å². The summed E-state index contributed by atoms with van der Waals surface area (Å²) in [5.74, 6) is 0.728. The maximum Gasteiger partial charge on any atom is 0.191 e. The molecule has 0 radical (unpaired) electrons. The van der Waals surface area contributed by atoms with Crippen LogP contribution in [0.25, 0.3) is 0 Å². The highest BCUT2D eigenvalue weighted by molar-refractivity contribution is 14.0. The number of hydrogen-bond acceptors (Lipinski definition) is 2. The molecule has 112 valence electrons. The van der Waals surface area contributed by atoms with E-state index in [4.69, 9.17) is 10.5 Å². The molecule has 20 heavy (non-hydrogen) atoms. The maximum atomic E-state index is 13.3. The van der Waals surface area contributed by atoms with E-state index in [1.165, 1.54) is 25.7 Å². The molecule has 0 aromatic heterocycles. The first-order valence-corrected chi connectivity index (χ1v) is 6.57. The number of rotatable bonds is 3. The zero-order valence-electron chi connectivity index (χ0n) is 11.6. The van der Waals surface area contributed by atoms with E-state index in [0.717, 1.165) is 31.5 Å². The monoisotopic (exact) mass is 393 g/mol. The molecular formula is C14H21FIN3O. The van der Waals surface area contributed by atoms with Crippen molar-refractivity contribution in [3.05, 3.63) is 29.6 Å². The summed E-state index contributed by atoms with van der Waals surface area (Å²) in [7, 11) is 1.52. The minimum atomic E-state index is -0.318. The number of ether oxygens (including phenoxy) is 1. The first kappa shape index (κ1) is 17.0. The van der Waals surface area contributed by atoms with Crippen molar-refractivity contribution < 1.29 is 9.13 Å². The minimum Gasteiger partial charge on any atom is -0.497 e. The average Bonchev–Trinajstić information content (AvgIpc) is 2.45. The van der Waals surface area contributed by atoms with Crippen LogP contribution in [0.15, 0.2) is 23.2 Å². The SMILES string of the molecule is COc1cc(F)cc(CN=C(N)N2CCCCC2)c1.I. The highest BCUT2D eigenvalue weighted by atomic mass is 127. The van der Waals surface area contributed by atoms with Crippen LogP contribution in [0.1, 0.15) is 24.8 Å². The summed E-state index contributed by atoms with van der Waals surface area (Å²) in [6.07, 6.45) is 3.57. The molecule has 1 aliphatic rings. The Morgan fingerprint density at radius 3 is 2.65 bits per heavy atom. The van der Waals surface area contributed by atoms with Gasteiger partial charge in [-0.2, -0.15) is 0 Å². The van der Waals surface area contributed by atoms with Gasteiger partial charge in [-0.15, -0.1) is 24.0 Å². The topological polar surface area (TPSA) is 50.9 Å². The van der Waals surface area contributed by atoms with Crippen LogP contribution in [-0.4, -0.2) is 31.1 Å². The van der Waals surface area contributed by atoms with Crippen LogP contribution in [0.2, 0.25) is 0 Å². The highest BCUT2D eigenvalue weighted by Crippen LogP contribution is 2.17. The zero-order valence-corrected chi connectivity index (χ0v) is 14.0. The quantitative estimate of drug-likeness (QED) is 0.488. The van der Waals surface area contributed by atoms with Gasteiger partial charge >= 0.3 is 0 Å². The third-order valence-corrected chi connectivity index (χ3v) is 3.27. The van der Waals surface area contributed by atoms with Crippen LogP contribution in [0.4, 0.5) is 4.39 Å². The first-order chi connectivity index (χ1) is 9.19. The molecule has 2 rings (SSSR count). The lowest BCUT2D eigenvalue weighted by Crippen LogP contribution is -2.40. The summed E-state index contributed by atoms with van der Waals surface area (Å²) < 4.78 is 18.4. The van der Waals surface area contributed by atoms with Crippen molar-refractivity contribution >= 4 is 29.9 Å². The Morgan fingerprint density at radius 1 is 1.30 bits per heavy atom. The van der Waals surface area contributed by atoms with Gasteiger partial charge in [0.2, 0.25) is 0 Å². The fourth-order valence-corrected chi connectivity index (χ4v) is 2.23. The van der Waals surface area contributed by atoms with Crippen molar-refractivity contribution in [3.8, 4) is 5.75 Å². The number of benzene rings is 1. The van der Waals surface area contributed by atoms with Crippen molar-refractivity contribution in [2.24, 2.45) is 10.7 Å². The van der Waals surface area contributed by atoms with Crippen LogP contribution in [0, 0.1) is 5.82 Å². The van der Waals surface area contributed by atoms with Gasteiger partial charge < -0.3 is 15.4 Å². The van der Waals surface area contributed by atoms with Gasteiger partial charge in [0.1, 0.15) is 11.6 Å². The van der Waals surface area contributed by atoms with E-state index in [2.05, 4.69) is 9.89 Å². The van der Waals surface area contributed by atoms with E-state index in [0.29, 0.717) is 18.3 Å². The van der Waals surface area contributed by atoms with Gasteiger partial charge in [0.05, 0.1) is 13.7 Å². The molecule has 0 aliphatic carbocycles. The van der Waals surface area contributed by atoms with Crippen LogP contribution in [-0.2, 0) is 6.54 Å². The lowest BCUT2D eigenvalue weighted by Gasteiger charge is -2.27. The Morgan fingerprint density at radius 2 is 2.00 bits per heavy atom. The number of likely N-dealkylation sites (tertiary alicyclic amines) is 1. The van der Waals surface area contributed by atoms with Gasteiger partial charge in [0.25, 0.3) is 0 Å². The summed E-state index contributed by atoms with van der Waals surface area (Å²) >= 11 is 0. The summed E-state index contributed by atoms with van der Waals surface area (Å²) in [6.45, 7) is 2.29. The molecule has 1 fully saturated rings. The van der Waals surface area contributed by atoms with E-state index in [-0.39, 0.29) is 29.8 Å². The van der Waals surface area contributed by atoms with Crippen molar-refractivity contribution in [3.63, 3.8) is 0 Å². The molecule has 0 spiro atoms. The normalized spacial score (nSPS) is 15.7. The Bertz CT molecular complexity index is 462. The second kappa shape index (κ2) is 8.28. The molecule has 0 unspecified atom stereocenters. The smallest absolute Gasteiger partial charge is 0.191 e. The van der Waals surface area contributed by atoms with E-state index in [1.807, 2.05) is 0 Å². The van der Waals surface area contributed by atoms with Gasteiger partial charge in [0.15, 0.2) is 5.96 Å². The van der Waals surface area contributed by atoms with Crippen molar-refractivity contribution in [1.29, 1.82) is 0 Å².